The Labute approximate surface area is 114 Å². The normalized spacial score (nSPS) is 25.8. The molecule has 1 N–H and O–H groups in total. The summed E-state index contributed by atoms with van der Waals surface area (Å²) < 4.78 is 11.2. The van der Waals surface area contributed by atoms with Crippen LogP contribution in [0.5, 0.6) is 0 Å². The van der Waals surface area contributed by atoms with Crippen molar-refractivity contribution in [2.24, 2.45) is 0 Å². The Morgan fingerprint density at radius 3 is 2.74 bits per heavy atom. The third-order valence-corrected chi connectivity index (χ3v) is 4.00. The van der Waals surface area contributed by atoms with Crippen LogP contribution < -0.4 is 0 Å². The number of ether oxygens (including phenoxy) is 2. The van der Waals surface area contributed by atoms with Gasteiger partial charge in [-0.2, -0.15) is 0 Å². The lowest BCUT2D eigenvalue weighted by Gasteiger charge is -2.32. The number of carboxylic acid groups (broad SMARTS) is 1. The SMILES string of the molecule is O=C(O)CCOC1CCN(CCC2CCCO2)CC1. The Morgan fingerprint density at radius 1 is 1.32 bits per heavy atom. The van der Waals surface area contributed by atoms with Crippen molar-refractivity contribution in [3.05, 3.63) is 0 Å². The van der Waals surface area contributed by atoms with E-state index < -0.39 is 5.97 Å². The van der Waals surface area contributed by atoms with E-state index in [1.54, 1.807) is 0 Å². The van der Waals surface area contributed by atoms with Gasteiger partial charge < -0.3 is 19.5 Å². The molecule has 1 atom stereocenters. The number of hydrogen-bond acceptors (Lipinski definition) is 4. The Bertz CT molecular complexity index is 271. The molecule has 5 heteroatoms. The zero-order chi connectivity index (χ0) is 13.5. The first-order valence-electron chi connectivity index (χ1n) is 7.41. The van der Waals surface area contributed by atoms with Gasteiger partial charge in [-0.05, 0) is 32.1 Å². The number of carboxylic acids is 1. The van der Waals surface area contributed by atoms with Crippen LogP contribution in [0.4, 0.5) is 0 Å². The van der Waals surface area contributed by atoms with E-state index in [-0.39, 0.29) is 12.5 Å². The summed E-state index contributed by atoms with van der Waals surface area (Å²) in [4.78, 5) is 12.9. The number of hydrogen-bond donors (Lipinski definition) is 1. The monoisotopic (exact) mass is 271 g/mol. The number of likely N-dealkylation sites (tertiary alicyclic amines) is 1. The van der Waals surface area contributed by atoms with Crippen LogP contribution >= 0.6 is 0 Å². The molecule has 1 unspecified atom stereocenters. The molecule has 0 bridgehead atoms. The van der Waals surface area contributed by atoms with Crippen LogP contribution in [0.15, 0.2) is 0 Å². The predicted molar refractivity (Wildman–Crippen MR) is 71.3 cm³/mol. The van der Waals surface area contributed by atoms with Crippen LogP contribution in [0.2, 0.25) is 0 Å². The third kappa shape index (κ3) is 5.47. The maximum absolute atomic E-state index is 10.4. The van der Waals surface area contributed by atoms with Gasteiger partial charge in [0, 0.05) is 26.2 Å². The van der Waals surface area contributed by atoms with E-state index in [9.17, 15) is 4.79 Å². The van der Waals surface area contributed by atoms with Gasteiger partial charge in [0.1, 0.15) is 0 Å². The number of rotatable bonds is 7. The minimum absolute atomic E-state index is 0.110. The van der Waals surface area contributed by atoms with Crippen LogP contribution in [-0.4, -0.2) is 61.0 Å². The number of aliphatic carboxylic acids is 1. The van der Waals surface area contributed by atoms with Crippen molar-refractivity contribution >= 4 is 5.97 Å². The Kier molecular flexibility index (Phi) is 6.07. The van der Waals surface area contributed by atoms with Crippen molar-refractivity contribution in [2.45, 2.75) is 50.7 Å². The minimum atomic E-state index is -0.783. The molecule has 0 aliphatic carbocycles. The first-order valence-corrected chi connectivity index (χ1v) is 7.41. The van der Waals surface area contributed by atoms with E-state index in [0.29, 0.717) is 12.7 Å². The second-order valence-electron chi connectivity index (χ2n) is 5.48. The summed E-state index contributed by atoms with van der Waals surface area (Å²) in [6, 6.07) is 0. The van der Waals surface area contributed by atoms with E-state index in [1.165, 1.54) is 12.8 Å². The van der Waals surface area contributed by atoms with Crippen molar-refractivity contribution in [2.75, 3.05) is 32.8 Å². The maximum Gasteiger partial charge on any atom is 0.305 e. The molecule has 0 spiro atoms. The van der Waals surface area contributed by atoms with E-state index in [2.05, 4.69) is 4.90 Å². The molecule has 2 aliphatic rings. The Morgan fingerprint density at radius 2 is 2.11 bits per heavy atom. The number of carbonyl (C=O) groups is 1. The van der Waals surface area contributed by atoms with Crippen molar-refractivity contribution in [3.63, 3.8) is 0 Å². The van der Waals surface area contributed by atoms with Gasteiger partial charge in [0.05, 0.1) is 25.2 Å². The molecule has 0 aromatic rings. The molecule has 0 radical (unpaired) electrons. The van der Waals surface area contributed by atoms with Crippen molar-refractivity contribution in [3.8, 4) is 0 Å². The molecule has 0 amide bonds. The van der Waals surface area contributed by atoms with E-state index >= 15 is 0 Å². The first-order chi connectivity index (χ1) is 9.24. The lowest BCUT2D eigenvalue weighted by atomic mass is 10.1. The first kappa shape index (κ1) is 14.8. The van der Waals surface area contributed by atoms with E-state index in [0.717, 1.165) is 45.5 Å². The molecule has 5 nitrogen and oxygen atoms in total. The van der Waals surface area contributed by atoms with Gasteiger partial charge in [0.25, 0.3) is 0 Å². The summed E-state index contributed by atoms with van der Waals surface area (Å²) in [6.45, 7) is 4.52. The molecule has 0 aromatic carbocycles. The molecule has 110 valence electrons. The van der Waals surface area contributed by atoms with Crippen molar-refractivity contribution in [1.29, 1.82) is 0 Å². The molecule has 2 saturated heterocycles. The van der Waals surface area contributed by atoms with Gasteiger partial charge in [0.15, 0.2) is 0 Å². The van der Waals surface area contributed by atoms with Gasteiger partial charge in [-0.3, -0.25) is 4.79 Å². The highest BCUT2D eigenvalue weighted by molar-refractivity contribution is 5.66. The van der Waals surface area contributed by atoms with E-state index in [4.69, 9.17) is 14.6 Å². The lowest BCUT2D eigenvalue weighted by Crippen LogP contribution is -2.38. The second kappa shape index (κ2) is 7.82. The van der Waals surface area contributed by atoms with Crippen molar-refractivity contribution < 1.29 is 19.4 Å². The van der Waals surface area contributed by atoms with Crippen LogP contribution in [-0.2, 0) is 14.3 Å². The second-order valence-corrected chi connectivity index (χ2v) is 5.48. The average molecular weight is 271 g/mol. The highest BCUT2D eigenvalue weighted by atomic mass is 16.5. The van der Waals surface area contributed by atoms with E-state index in [1.807, 2.05) is 0 Å². The van der Waals surface area contributed by atoms with Crippen LogP contribution in [0.1, 0.15) is 38.5 Å². The van der Waals surface area contributed by atoms with Gasteiger partial charge in [0.2, 0.25) is 0 Å². The zero-order valence-corrected chi connectivity index (χ0v) is 11.6. The smallest absolute Gasteiger partial charge is 0.305 e. The quantitative estimate of drug-likeness (QED) is 0.760. The number of piperidine rings is 1. The summed E-state index contributed by atoms with van der Waals surface area (Å²) in [5.41, 5.74) is 0. The topological polar surface area (TPSA) is 59.0 Å². The van der Waals surface area contributed by atoms with Crippen LogP contribution in [0, 0.1) is 0 Å². The predicted octanol–water partition coefficient (Wildman–Crippen LogP) is 1.51. The Balaban J connectivity index is 1.53. The number of nitrogens with zero attached hydrogens (tertiary/aromatic N) is 1. The molecule has 2 aliphatic heterocycles. The maximum atomic E-state index is 10.4. The highest BCUT2D eigenvalue weighted by Crippen LogP contribution is 2.18. The molecule has 2 rings (SSSR count). The van der Waals surface area contributed by atoms with Gasteiger partial charge in [-0.15, -0.1) is 0 Å². The van der Waals surface area contributed by atoms with Gasteiger partial charge in [-0.25, -0.2) is 0 Å². The average Bonchev–Trinajstić information content (AvgIpc) is 2.90. The standard InChI is InChI=1S/C14H25NO4/c16-14(17)6-11-19-13-4-8-15(9-5-13)7-3-12-2-1-10-18-12/h12-13H,1-11H2,(H,16,17). The summed E-state index contributed by atoms with van der Waals surface area (Å²) in [5.74, 6) is -0.783. The molecule has 2 heterocycles. The molecule has 19 heavy (non-hydrogen) atoms. The molecular formula is C14H25NO4. The Hall–Kier alpha value is -0.650. The summed E-state index contributed by atoms with van der Waals surface area (Å²) in [7, 11) is 0. The fourth-order valence-electron chi connectivity index (χ4n) is 2.81. The summed E-state index contributed by atoms with van der Waals surface area (Å²) >= 11 is 0. The lowest BCUT2D eigenvalue weighted by molar-refractivity contribution is -0.138. The minimum Gasteiger partial charge on any atom is -0.481 e. The van der Waals surface area contributed by atoms with Crippen LogP contribution in [0.25, 0.3) is 0 Å². The van der Waals surface area contributed by atoms with Gasteiger partial charge >= 0.3 is 5.97 Å². The largest absolute Gasteiger partial charge is 0.481 e. The molecule has 0 aromatic heterocycles. The molecule has 0 saturated carbocycles. The zero-order valence-electron chi connectivity index (χ0n) is 11.6. The fraction of sp³-hybridized carbons (Fsp3) is 0.929. The van der Waals surface area contributed by atoms with Crippen molar-refractivity contribution in [1.82, 2.24) is 4.90 Å². The molecule has 2 fully saturated rings. The summed E-state index contributed by atoms with van der Waals surface area (Å²) in [5, 5.41) is 8.56. The van der Waals surface area contributed by atoms with Crippen LogP contribution in [0.3, 0.4) is 0 Å². The molecular weight excluding hydrogens is 246 g/mol. The highest BCUT2D eigenvalue weighted by Gasteiger charge is 2.21. The van der Waals surface area contributed by atoms with Gasteiger partial charge in [-0.1, -0.05) is 0 Å². The fourth-order valence-corrected chi connectivity index (χ4v) is 2.81. The summed E-state index contributed by atoms with van der Waals surface area (Å²) in [6.07, 6.45) is 6.45. The third-order valence-electron chi connectivity index (χ3n) is 4.00.